The summed E-state index contributed by atoms with van der Waals surface area (Å²) in [5.74, 6) is -6.58. The summed E-state index contributed by atoms with van der Waals surface area (Å²) in [5.41, 5.74) is 0.191. The summed E-state index contributed by atoms with van der Waals surface area (Å²) in [4.78, 5) is 0. The van der Waals surface area contributed by atoms with Crippen LogP contribution >= 0.6 is 0 Å². The van der Waals surface area contributed by atoms with E-state index in [1.165, 1.54) is 0 Å². The quantitative estimate of drug-likeness (QED) is 0.280. The molecule has 0 fully saturated rings. The van der Waals surface area contributed by atoms with E-state index in [9.17, 15) is 52.7 Å². The molecule has 14 heteroatoms. The molecule has 0 saturated heterocycles. The Morgan fingerprint density at radius 2 is 1.08 bits per heavy atom. The number of hydrogen-bond donors (Lipinski definition) is 2. The van der Waals surface area contributed by atoms with Crippen molar-refractivity contribution in [2.45, 2.75) is 20.0 Å². The van der Waals surface area contributed by atoms with E-state index in [-0.39, 0.29) is 5.73 Å². The van der Waals surface area contributed by atoms with E-state index in [0.29, 0.717) is 0 Å². The monoisotopic (exact) mass is 398 g/mol. The van der Waals surface area contributed by atoms with Gasteiger partial charge in [0.25, 0.3) is 5.83 Å². The van der Waals surface area contributed by atoms with E-state index >= 15 is 0 Å². The first-order valence-corrected chi connectivity index (χ1v) is 5.20. The highest BCUT2D eigenvalue weighted by Gasteiger charge is 2.35. The summed E-state index contributed by atoms with van der Waals surface area (Å²) in [5, 5.41) is 11.7. The van der Waals surface area contributed by atoms with Gasteiger partial charge in [-0.15, -0.1) is 0 Å². The van der Waals surface area contributed by atoms with Crippen LogP contribution in [-0.4, -0.2) is 24.8 Å². The van der Waals surface area contributed by atoms with Crippen LogP contribution in [0.4, 0.5) is 52.7 Å². The molecule has 2 nitrogen and oxygen atoms in total. The molecule has 0 rings (SSSR count). The van der Waals surface area contributed by atoms with E-state index in [0.717, 1.165) is 13.8 Å². The molecule has 0 spiro atoms. The molecule has 0 bridgehead atoms. The van der Waals surface area contributed by atoms with Crippen LogP contribution in [0.1, 0.15) is 13.8 Å². The zero-order valence-electron chi connectivity index (χ0n) is 12.2. The Kier molecular flexibility index (Phi) is 20.3. The van der Waals surface area contributed by atoms with Crippen LogP contribution in [0.25, 0.3) is 0 Å². The van der Waals surface area contributed by atoms with Gasteiger partial charge < -0.3 is 0 Å². The van der Waals surface area contributed by atoms with Crippen LogP contribution in [-0.2, 0) is 0 Å². The Balaban J connectivity index is -0.000000128. The average Bonchev–Trinajstić information content (AvgIpc) is 2.35. The van der Waals surface area contributed by atoms with Gasteiger partial charge in [-0.1, -0.05) is 0 Å². The lowest BCUT2D eigenvalue weighted by Crippen LogP contribution is -2.06. The maximum atomic E-state index is 11.3. The molecule has 25 heavy (non-hydrogen) atoms. The second kappa shape index (κ2) is 16.6. The minimum absolute atomic E-state index is 0.191. The maximum absolute atomic E-state index is 11.3. The highest BCUT2D eigenvalue weighted by Crippen LogP contribution is 2.25. The Morgan fingerprint density at radius 1 is 0.800 bits per heavy atom. The van der Waals surface area contributed by atoms with Crippen molar-refractivity contribution in [3.05, 3.63) is 29.5 Å². The van der Waals surface area contributed by atoms with Crippen LogP contribution in [0.15, 0.2) is 29.5 Å². The zero-order chi connectivity index (χ0) is 21.4. The summed E-state index contributed by atoms with van der Waals surface area (Å²) in [6.45, 7) is 0.447. The van der Waals surface area contributed by atoms with Gasteiger partial charge in [0.05, 0.1) is 0 Å². The SMILES string of the molecule is CC(=N)F.CC(=N)F.FC(F)=C=C(F)C(F)(F)F.FCC(F)=C(F)F. The standard InChI is InChI=1S/C4F6.C3H2F4.2C2H4FN/c5-2(1-3(6)7)4(8,9)10;4-1-2(5)3(6)7;2*1-2(3)4/h;1H2;2*4H,1H3. The summed E-state index contributed by atoms with van der Waals surface area (Å²) >= 11 is 0. The molecule has 0 amide bonds. The van der Waals surface area contributed by atoms with Gasteiger partial charge in [0.15, 0.2) is 17.8 Å². The second-order valence-corrected chi connectivity index (χ2v) is 3.06. The Hall–Kier alpha value is -2.24. The molecule has 0 aliphatic rings. The molecule has 0 radical (unpaired) electrons. The first-order chi connectivity index (χ1) is 11.0. The van der Waals surface area contributed by atoms with Gasteiger partial charge in [-0.2, -0.15) is 43.9 Å². The van der Waals surface area contributed by atoms with Crippen molar-refractivity contribution in [1.29, 1.82) is 10.8 Å². The van der Waals surface area contributed by atoms with Crippen molar-refractivity contribution < 1.29 is 52.7 Å². The van der Waals surface area contributed by atoms with E-state index in [1.54, 1.807) is 0 Å². The van der Waals surface area contributed by atoms with E-state index < -0.39 is 48.6 Å². The Labute approximate surface area is 133 Å². The van der Waals surface area contributed by atoms with Gasteiger partial charge in [0, 0.05) is 13.8 Å². The van der Waals surface area contributed by atoms with Crippen molar-refractivity contribution in [3.8, 4) is 0 Å². The highest BCUT2D eigenvalue weighted by molar-refractivity contribution is 5.67. The van der Waals surface area contributed by atoms with Gasteiger partial charge in [0.2, 0.25) is 0 Å². The van der Waals surface area contributed by atoms with Crippen LogP contribution in [0.3, 0.4) is 0 Å². The smallest absolute Gasteiger partial charge is 0.278 e. The third-order valence-electron chi connectivity index (χ3n) is 0.775. The molecule has 0 aromatic carbocycles. The second-order valence-electron chi connectivity index (χ2n) is 3.06. The molecule has 2 N–H and O–H groups in total. The molecule has 0 aromatic heterocycles. The van der Waals surface area contributed by atoms with Crippen molar-refractivity contribution in [3.63, 3.8) is 0 Å². The summed E-state index contributed by atoms with van der Waals surface area (Å²) in [6, 6.07) is 0. The van der Waals surface area contributed by atoms with Crippen molar-refractivity contribution in [2.75, 3.05) is 6.67 Å². The molecule has 0 heterocycles. The molecule has 0 unspecified atom stereocenters. The lowest BCUT2D eigenvalue weighted by Gasteiger charge is -1.97. The van der Waals surface area contributed by atoms with Gasteiger partial charge in [-0.25, -0.2) is 8.78 Å². The predicted octanol–water partition coefficient (Wildman–Crippen LogP) is 6.72. The third kappa shape index (κ3) is 44.9. The zero-order valence-corrected chi connectivity index (χ0v) is 12.2. The Bertz CT molecular complexity index is 472. The van der Waals surface area contributed by atoms with Crippen LogP contribution in [0.5, 0.6) is 0 Å². The topological polar surface area (TPSA) is 47.7 Å². The number of halogens is 12. The normalized spacial score (nSPS) is 8.72. The number of hydrogen-bond acceptors (Lipinski definition) is 2. The third-order valence-corrected chi connectivity index (χ3v) is 0.775. The fraction of sp³-hybridized carbons (Fsp3) is 0.364. The highest BCUT2D eigenvalue weighted by atomic mass is 19.4. The molecule has 0 aromatic rings. The van der Waals surface area contributed by atoms with E-state index in [4.69, 9.17) is 10.8 Å². The van der Waals surface area contributed by atoms with Crippen molar-refractivity contribution >= 4 is 11.9 Å². The molecule has 0 aliphatic heterocycles. The maximum Gasteiger partial charge on any atom is 0.451 e. The van der Waals surface area contributed by atoms with Crippen molar-refractivity contribution in [1.82, 2.24) is 0 Å². The lowest BCUT2D eigenvalue weighted by molar-refractivity contribution is -0.108. The first-order valence-electron chi connectivity index (χ1n) is 5.20. The minimum Gasteiger partial charge on any atom is -0.278 e. The molecule has 0 aliphatic carbocycles. The number of rotatable bonds is 1. The van der Waals surface area contributed by atoms with Crippen LogP contribution in [0.2, 0.25) is 0 Å². The largest absolute Gasteiger partial charge is 0.451 e. The Morgan fingerprint density at radius 3 is 1.12 bits per heavy atom. The molecule has 0 atom stereocenters. The summed E-state index contributed by atoms with van der Waals surface area (Å²) in [6.07, 6.45) is -10.8. The van der Waals surface area contributed by atoms with Gasteiger partial charge in [-0.05, 0) is 5.73 Å². The molecule has 0 saturated carbocycles. The lowest BCUT2D eigenvalue weighted by atomic mass is 10.5. The summed E-state index contributed by atoms with van der Waals surface area (Å²) < 4.78 is 130. The van der Waals surface area contributed by atoms with E-state index in [1.807, 2.05) is 0 Å². The van der Waals surface area contributed by atoms with Crippen LogP contribution in [0, 0.1) is 10.8 Å². The fourth-order valence-electron chi connectivity index (χ4n) is 0.204. The number of allylic oxidation sites excluding steroid dienone is 2. The van der Waals surface area contributed by atoms with Crippen molar-refractivity contribution in [2.24, 2.45) is 0 Å². The number of alkyl halides is 4. The van der Waals surface area contributed by atoms with Crippen LogP contribution < -0.4 is 0 Å². The molecular formula is C11H10F12N2. The fourth-order valence-corrected chi connectivity index (χ4v) is 0.204. The van der Waals surface area contributed by atoms with Gasteiger partial charge >= 0.3 is 18.3 Å². The molecular weight excluding hydrogens is 388 g/mol. The average molecular weight is 398 g/mol. The number of nitrogens with one attached hydrogen (secondary N) is 2. The van der Waals surface area contributed by atoms with E-state index in [2.05, 4.69) is 0 Å². The van der Waals surface area contributed by atoms with Gasteiger partial charge in [-0.3, -0.25) is 10.8 Å². The first kappa shape index (κ1) is 30.6. The summed E-state index contributed by atoms with van der Waals surface area (Å²) in [7, 11) is 0. The molecule has 148 valence electrons. The minimum atomic E-state index is -5.37. The van der Waals surface area contributed by atoms with Gasteiger partial charge in [0.1, 0.15) is 6.67 Å². The predicted molar refractivity (Wildman–Crippen MR) is 65.3 cm³/mol.